The Morgan fingerprint density at radius 1 is 1.11 bits per heavy atom. The molecule has 184 valence electrons. The summed E-state index contributed by atoms with van der Waals surface area (Å²) in [6.45, 7) is 0.422. The van der Waals surface area contributed by atoms with E-state index in [4.69, 9.17) is 10.3 Å². The zero-order valence-electron chi connectivity index (χ0n) is 21.1. The summed E-state index contributed by atoms with van der Waals surface area (Å²) in [5.74, 6) is -1.71. The van der Waals surface area contributed by atoms with Gasteiger partial charge in [-0.1, -0.05) is 36.8 Å². The smallest absolute Gasteiger partial charge is 0.778 e. The number of carboxylic acid groups (broad SMARTS) is 1. The van der Waals surface area contributed by atoms with E-state index in [1.807, 2.05) is 30.3 Å². The number of carboxylic acids is 1. The van der Waals surface area contributed by atoms with Crippen molar-refractivity contribution in [3.8, 4) is 0 Å². The molecule has 0 aromatic heterocycles. The molecule has 35 heavy (non-hydrogen) atoms. The van der Waals surface area contributed by atoms with Gasteiger partial charge in [0.15, 0.2) is 0 Å². The first kappa shape index (κ1) is 32.5. The fourth-order valence-electron chi connectivity index (χ4n) is 5.20. The molecule has 5 atom stereocenters. The summed E-state index contributed by atoms with van der Waals surface area (Å²) < 4.78 is 18.2. The Morgan fingerprint density at radius 3 is 2.49 bits per heavy atom. The number of amides is 1. The number of aryl methyl sites for hydroxylation is 1. The number of aliphatic carboxylic acids is 1. The van der Waals surface area contributed by atoms with Gasteiger partial charge in [0.1, 0.15) is 13.7 Å². The summed E-state index contributed by atoms with van der Waals surface area (Å²) in [5, 5.41) is 11.7. The van der Waals surface area contributed by atoms with Gasteiger partial charge in [-0.25, -0.2) is 0 Å². The molecule has 1 saturated carbocycles. The summed E-state index contributed by atoms with van der Waals surface area (Å²) in [4.78, 5) is 39.2. The van der Waals surface area contributed by atoms with Gasteiger partial charge >= 0.3 is 37.7 Å². The van der Waals surface area contributed by atoms with E-state index in [0.717, 1.165) is 31.2 Å². The van der Waals surface area contributed by atoms with Crippen molar-refractivity contribution >= 4 is 19.5 Å². The van der Waals surface area contributed by atoms with E-state index in [2.05, 4.69) is 0 Å². The molecule has 2 aliphatic rings. The SMILES string of the molecule is NCCCC[C@H](OP(=O)([O-])CCCCc1ccccc1)C(=O)N1[C@H](C(=O)[O-])C[C@@H]2CCC[C@@H]21.[Li+].[Li+]. The van der Waals surface area contributed by atoms with Crippen LogP contribution >= 0.6 is 7.60 Å². The van der Waals surface area contributed by atoms with Crippen LogP contribution in [0.15, 0.2) is 30.3 Å². The number of hydrogen-bond donors (Lipinski definition) is 1. The molecule has 2 fully saturated rings. The molecule has 1 aliphatic heterocycles. The maximum absolute atomic E-state index is 13.4. The number of carbonyl (C=O) groups excluding carboxylic acids is 2. The van der Waals surface area contributed by atoms with Crippen molar-refractivity contribution in [2.24, 2.45) is 11.7 Å². The topological polar surface area (TPSA) is 136 Å². The minimum absolute atomic E-state index is 0. The van der Waals surface area contributed by atoms with E-state index in [1.165, 1.54) is 4.90 Å². The van der Waals surface area contributed by atoms with Crippen LogP contribution in [-0.4, -0.2) is 47.7 Å². The number of benzene rings is 1. The molecule has 0 bridgehead atoms. The molecule has 1 amide bonds. The zero-order valence-corrected chi connectivity index (χ0v) is 22.0. The van der Waals surface area contributed by atoms with Crippen LogP contribution < -0.4 is 53.5 Å². The number of unbranched alkanes of at least 4 members (excludes halogenated alkanes) is 2. The molecule has 1 aliphatic carbocycles. The molecule has 3 rings (SSSR count). The van der Waals surface area contributed by atoms with Gasteiger partial charge in [0.2, 0.25) is 0 Å². The molecule has 0 spiro atoms. The summed E-state index contributed by atoms with van der Waals surface area (Å²) >= 11 is 0. The van der Waals surface area contributed by atoms with Gasteiger partial charge in [0.25, 0.3) is 5.91 Å². The first-order chi connectivity index (χ1) is 15.8. The zero-order chi connectivity index (χ0) is 23.8. The number of nitrogens with zero attached hydrogens (tertiary/aromatic N) is 1. The molecular weight excluding hydrogens is 457 g/mol. The van der Waals surface area contributed by atoms with Crippen LogP contribution in [0.25, 0.3) is 0 Å². The third kappa shape index (κ3) is 9.37. The Kier molecular flexibility index (Phi) is 14.5. The molecule has 1 aromatic rings. The van der Waals surface area contributed by atoms with Crippen molar-refractivity contribution in [3.05, 3.63) is 35.9 Å². The van der Waals surface area contributed by atoms with E-state index >= 15 is 0 Å². The maximum Gasteiger partial charge on any atom is 1.00 e. The molecule has 2 N–H and O–H groups in total. The number of hydrogen-bond acceptors (Lipinski definition) is 7. The van der Waals surface area contributed by atoms with E-state index in [9.17, 15) is 24.2 Å². The molecule has 11 heteroatoms. The summed E-state index contributed by atoms with van der Waals surface area (Å²) in [7, 11) is -4.28. The minimum atomic E-state index is -4.28. The van der Waals surface area contributed by atoms with E-state index in [1.54, 1.807) is 0 Å². The number of carbonyl (C=O) groups is 2. The Balaban J connectivity index is 0.00000306. The van der Waals surface area contributed by atoms with E-state index in [-0.39, 0.29) is 62.3 Å². The van der Waals surface area contributed by atoms with Gasteiger partial charge < -0.3 is 34.5 Å². The molecule has 8 nitrogen and oxygen atoms in total. The standard InChI is InChI=1S/C24H37N2O6P.2Li/c25-15-6-4-14-22(23(27)26-20-13-8-12-19(20)17-21(26)24(28)29)32-33(30,31)16-7-5-11-18-9-2-1-3-10-18;;/h1-3,9-10,19-22H,4-8,11-17,25H2,(H,28,29)(H,30,31);;/q;2*+1/p-2/t19-,20-,21-,22-;;/m0../s1. The van der Waals surface area contributed by atoms with Gasteiger partial charge in [-0.15, -0.1) is 0 Å². The molecule has 1 aromatic carbocycles. The van der Waals surface area contributed by atoms with E-state index < -0.39 is 31.6 Å². The third-order valence-corrected chi connectivity index (χ3v) is 8.28. The van der Waals surface area contributed by atoms with Crippen molar-refractivity contribution in [2.45, 2.75) is 82.4 Å². The summed E-state index contributed by atoms with van der Waals surface area (Å²) in [5.41, 5.74) is 6.70. The van der Waals surface area contributed by atoms with Crippen molar-refractivity contribution < 1.29 is 66.4 Å². The first-order valence-corrected chi connectivity index (χ1v) is 13.8. The van der Waals surface area contributed by atoms with Gasteiger partial charge in [0, 0.05) is 12.2 Å². The van der Waals surface area contributed by atoms with Crippen molar-refractivity contribution in [2.75, 3.05) is 12.7 Å². The van der Waals surface area contributed by atoms with Crippen LogP contribution in [0.2, 0.25) is 0 Å². The molecule has 1 heterocycles. The first-order valence-electron chi connectivity index (χ1n) is 12.1. The quantitative estimate of drug-likeness (QED) is 0.167. The summed E-state index contributed by atoms with van der Waals surface area (Å²) in [6, 6.07) is 8.62. The van der Waals surface area contributed by atoms with Crippen LogP contribution in [0.4, 0.5) is 0 Å². The maximum atomic E-state index is 13.4. The van der Waals surface area contributed by atoms with Crippen LogP contribution in [0.1, 0.15) is 63.4 Å². The van der Waals surface area contributed by atoms with Gasteiger partial charge in [-0.05, 0) is 75.8 Å². The van der Waals surface area contributed by atoms with Crippen LogP contribution in [0.3, 0.4) is 0 Å². The Labute approximate surface area is 232 Å². The second kappa shape index (κ2) is 15.7. The fourth-order valence-corrected chi connectivity index (χ4v) is 6.50. The van der Waals surface area contributed by atoms with Gasteiger partial charge in [-0.2, -0.15) is 0 Å². The van der Waals surface area contributed by atoms with Gasteiger partial charge in [-0.3, -0.25) is 4.79 Å². The molecule has 0 radical (unpaired) electrons. The number of nitrogens with two attached hydrogens (primary N) is 1. The molecular formula is C24H35Li2N2O6P. The Hall–Kier alpha value is -0.535. The Bertz CT molecular complexity index is 847. The van der Waals surface area contributed by atoms with Crippen LogP contribution in [0, 0.1) is 5.92 Å². The number of likely N-dealkylation sites (tertiary alicyclic amines) is 1. The predicted octanol–water partition coefficient (Wildman–Crippen LogP) is -4.40. The average molecular weight is 492 g/mol. The summed E-state index contributed by atoms with van der Waals surface area (Å²) in [6.07, 6.45) is 4.76. The van der Waals surface area contributed by atoms with Gasteiger partial charge in [0.05, 0.1) is 12.0 Å². The third-order valence-electron chi connectivity index (χ3n) is 6.84. The van der Waals surface area contributed by atoms with Crippen LogP contribution in [0.5, 0.6) is 0 Å². The van der Waals surface area contributed by atoms with Crippen molar-refractivity contribution in [1.29, 1.82) is 0 Å². The number of fused-ring (bicyclic) bond motifs is 1. The molecule has 1 unspecified atom stereocenters. The second-order valence-electron chi connectivity index (χ2n) is 9.23. The largest absolute Gasteiger partial charge is 1.00 e. The molecule has 1 saturated heterocycles. The van der Waals surface area contributed by atoms with E-state index in [0.29, 0.717) is 38.6 Å². The average Bonchev–Trinajstić information content (AvgIpc) is 3.38. The number of rotatable bonds is 13. The second-order valence-corrected chi connectivity index (χ2v) is 11.1. The van der Waals surface area contributed by atoms with Crippen molar-refractivity contribution in [3.63, 3.8) is 0 Å². The predicted molar refractivity (Wildman–Crippen MR) is 121 cm³/mol. The minimum Gasteiger partial charge on any atom is -0.778 e. The fraction of sp³-hybridized carbons (Fsp3) is 0.667. The monoisotopic (exact) mass is 492 g/mol. The Morgan fingerprint density at radius 2 is 1.83 bits per heavy atom. The van der Waals surface area contributed by atoms with Crippen LogP contribution in [-0.2, 0) is 25.1 Å². The van der Waals surface area contributed by atoms with Crippen molar-refractivity contribution in [1.82, 2.24) is 4.90 Å². The normalized spacial score (nSPS) is 23.5.